The summed E-state index contributed by atoms with van der Waals surface area (Å²) in [5.41, 5.74) is -4.26. The Labute approximate surface area is 151 Å². The van der Waals surface area contributed by atoms with E-state index in [-0.39, 0.29) is 5.56 Å². The molecule has 2 rings (SSSR count). The molecular formula is C19H26F3NO3. The van der Waals surface area contributed by atoms with Gasteiger partial charge in [-0.1, -0.05) is 12.1 Å². The molecule has 1 aliphatic carbocycles. The van der Waals surface area contributed by atoms with E-state index in [1.807, 2.05) is 0 Å². The predicted molar refractivity (Wildman–Crippen MR) is 91.7 cm³/mol. The van der Waals surface area contributed by atoms with Gasteiger partial charge in [0.15, 0.2) is 0 Å². The fraction of sp³-hybridized carbons (Fsp3) is 0.632. The van der Waals surface area contributed by atoms with Crippen LogP contribution in [0.3, 0.4) is 0 Å². The second-order valence-electron chi connectivity index (χ2n) is 8.20. The summed E-state index contributed by atoms with van der Waals surface area (Å²) in [7, 11) is 0. The smallest absolute Gasteiger partial charge is 0.408 e. The summed E-state index contributed by atoms with van der Waals surface area (Å²) in [6.07, 6.45) is -0.333. The van der Waals surface area contributed by atoms with E-state index in [1.165, 1.54) is 19.1 Å². The molecule has 2 N–H and O–H groups in total. The molecule has 0 spiro atoms. The molecule has 146 valence electrons. The van der Waals surface area contributed by atoms with Gasteiger partial charge >= 0.3 is 12.0 Å². The Balaban J connectivity index is 2.51. The number of carbonyl (C=O) groups is 1. The van der Waals surface area contributed by atoms with Gasteiger partial charge in [0.2, 0.25) is 0 Å². The second-order valence-corrected chi connectivity index (χ2v) is 8.20. The number of rotatable bonds is 5. The van der Waals surface area contributed by atoms with E-state index in [4.69, 9.17) is 0 Å². The van der Waals surface area contributed by atoms with Crippen molar-refractivity contribution in [1.82, 2.24) is 4.90 Å². The van der Waals surface area contributed by atoms with Crippen LogP contribution in [0.1, 0.15) is 64.6 Å². The van der Waals surface area contributed by atoms with Crippen LogP contribution in [0.25, 0.3) is 0 Å². The fourth-order valence-electron chi connectivity index (χ4n) is 3.46. The number of benzene rings is 1. The number of aliphatic hydroxyl groups is 1. The predicted octanol–water partition coefficient (Wildman–Crippen LogP) is 4.92. The molecule has 1 unspecified atom stereocenters. The number of hydrogen-bond donors (Lipinski definition) is 2. The van der Waals surface area contributed by atoms with Gasteiger partial charge in [-0.2, -0.15) is 8.78 Å². The molecular weight excluding hydrogens is 347 g/mol. The molecule has 0 radical (unpaired) electrons. The molecule has 26 heavy (non-hydrogen) atoms. The number of hydrogen-bond acceptors (Lipinski definition) is 2. The van der Waals surface area contributed by atoms with E-state index in [1.54, 1.807) is 20.8 Å². The molecule has 0 saturated heterocycles. The first-order valence-corrected chi connectivity index (χ1v) is 8.64. The standard InChI is InChI=1S/C19H26F3NO3/c1-11(23(16(24)25)17(2,3)4)13-7-6-8-14(15(13)20)19(21,22)18(5,26)12-9-10-12/h6-8,11-12,26H,9-10H2,1-5H3,(H,24,25)/t11-,18?/m1/s1. The van der Waals surface area contributed by atoms with Crippen molar-refractivity contribution in [2.75, 3.05) is 0 Å². The van der Waals surface area contributed by atoms with E-state index in [2.05, 4.69) is 0 Å². The molecule has 1 aromatic rings. The van der Waals surface area contributed by atoms with Crippen LogP contribution in [-0.4, -0.2) is 32.3 Å². The minimum absolute atomic E-state index is 0.147. The first kappa shape index (κ1) is 20.6. The van der Waals surface area contributed by atoms with Gasteiger partial charge in [-0.05, 0) is 59.4 Å². The molecule has 7 heteroatoms. The Hall–Kier alpha value is -1.76. The third kappa shape index (κ3) is 3.41. The Morgan fingerprint density at radius 2 is 1.77 bits per heavy atom. The van der Waals surface area contributed by atoms with Gasteiger partial charge in [0.1, 0.15) is 11.4 Å². The van der Waals surface area contributed by atoms with E-state index in [0.717, 1.165) is 17.9 Å². The molecule has 1 saturated carbocycles. The molecule has 1 fully saturated rings. The first-order chi connectivity index (χ1) is 11.7. The zero-order chi connectivity index (χ0) is 20.1. The number of halogens is 3. The first-order valence-electron chi connectivity index (χ1n) is 8.64. The van der Waals surface area contributed by atoms with Crippen molar-refractivity contribution in [1.29, 1.82) is 0 Å². The lowest BCUT2D eigenvalue weighted by atomic mass is 9.85. The summed E-state index contributed by atoms with van der Waals surface area (Å²) in [5, 5.41) is 19.8. The van der Waals surface area contributed by atoms with Crippen LogP contribution in [-0.2, 0) is 5.92 Å². The monoisotopic (exact) mass is 373 g/mol. The highest BCUT2D eigenvalue weighted by atomic mass is 19.3. The minimum Gasteiger partial charge on any atom is -0.465 e. The topological polar surface area (TPSA) is 60.8 Å². The van der Waals surface area contributed by atoms with Crippen molar-refractivity contribution < 1.29 is 28.2 Å². The van der Waals surface area contributed by atoms with Crippen LogP contribution in [0.15, 0.2) is 18.2 Å². The van der Waals surface area contributed by atoms with Crippen molar-refractivity contribution in [2.24, 2.45) is 5.92 Å². The average Bonchev–Trinajstić information content (AvgIpc) is 3.29. The van der Waals surface area contributed by atoms with Crippen molar-refractivity contribution >= 4 is 6.09 Å². The molecule has 0 aromatic heterocycles. The molecule has 1 aromatic carbocycles. The Morgan fingerprint density at radius 1 is 1.23 bits per heavy atom. The summed E-state index contributed by atoms with van der Waals surface area (Å²) < 4.78 is 44.8. The zero-order valence-corrected chi connectivity index (χ0v) is 15.7. The second kappa shape index (κ2) is 6.44. The number of nitrogens with zero attached hydrogens (tertiary/aromatic N) is 1. The van der Waals surface area contributed by atoms with Gasteiger partial charge < -0.3 is 10.2 Å². The van der Waals surface area contributed by atoms with Gasteiger partial charge in [-0.3, -0.25) is 4.90 Å². The van der Waals surface area contributed by atoms with E-state index < -0.39 is 46.5 Å². The lowest BCUT2D eigenvalue weighted by Crippen LogP contribution is -2.47. The highest BCUT2D eigenvalue weighted by Crippen LogP contribution is 2.52. The van der Waals surface area contributed by atoms with E-state index in [0.29, 0.717) is 12.8 Å². The quantitative estimate of drug-likeness (QED) is 0.770. The molecule has 1 aliphatic rings. The molecule has 0 heterocycles. The lowest BCUT2D eigenvalue weighted by Gasteiger charge is -2.39. The lowest BCUT2D eigenvalue weighted by molar-refractivity contribution is -0.191. The maximum atomic E-state index is 15.0. The summed E-state index contributed by atoms with van der Waals surface area (Å²) in [6.45, 7) is 7.42. The fourth-order valence-corrected chi connectivity index (χ4v) is 3.46. The van der Waals surface area contributed by atoms with Gasteiger partial charge in [0, 0.05) is 11.1 Å². The normalized spacial score (nSPS) is 19.0. The van der Waals surface area contributed by atoms with Crippen molar-refractivity contribution in [3.05, 3.63) is 35.1 Å². The molecule has 0 bridgehead atoms. The number of alkyl halides is 2. The van der Waals surface area contributed by atoms with Crippen molar-refractivity contribution in [3.63, 3.8) is 0 Å². The average molecular weight is 373 g/mol. The van der Waals surface area contributed by atoms with Gasteiger partial charge in [0.05, 0.1) is 11.6 Å². The minimum atomic E-state index is -3.79. The maximum Gasteiger partial charge on any atom is 0.408 e. The molecule has 1 amide bonds. The zero-order valence-electron chi connectivity index (χ0n) is 15.7. The Bertz CT molecular complexity index is 694. The van der Waals surface area contributed by atoms with E-state index in [9.17, 15) is 23.8 Å². The van der Waals surface area contributed by atoms with E-state index >= 15 is 4.39 Å². The van der Waals surface area contributed by atoms with Gasteiger partial charge in [0.25, 0.3) is 0 Å². The summed E-state index contributed by atoms with van der Waals surface area (Å²) in [6, 6.07) is 2.54. The highest BCUT2D eigenvalue weighted by molar-refractivity contribution is 5.67. The van der Waals surface area contributed by atoms with Crippen LogP contribution >= 0.6 is 0 Å². The Kier molecular flexibility index (Phi) is 5.09. The summed E-state index contributed by atoms with van der Waals surface area (Å²) in [4.78, 5) is 12.6. The van der Waals surface area contributed by atoms with Gasteiger partial charge in [-0.25, -0.2) is 9.18 Å². The third-order valence-corrected chi connectivity index (χ3v) is 5.14. The molecule has 4 nitrogen and oxygen atoms in total. The number of amides is 1. The summed E-state index contributed by atoms with van der Waals surface area (Å²) in [5.74, 6) is -5.55. The largest absolute Gasteiger partial charge is 0.465 e. The van der Waals surface area contributed by atoms with Crippen molar-refractivity contribution in [2.45, 2.75) is 70.6 Å². The Morgan fingerprint density at radius 3 is 2.19 bits per heavy atom. The molecule has 0 aliphatic heterocycles. The van der Waals surface area contributed by atoms with Gasteiger partial charge in [-0.15, -0.1) is 0 Å². The van der Waals surface area contributed by atoms with Crippen molar-refractivity contribution in [3.8, 4) is 0 Å². The van der Waals surface area contributed by atoms with Crippen LogP contribution < -0.4 is 0 Å². The van der Waals surface area contributed by atoms with Crippen LogP contribution in [0.5, 0.6) is 0 Å². The maximum absolute atomic E-state index is 15.0. The van der Waals surface area contributed by atoms with Crippen LogP contribution in [0.2, 0.25) is 0 Å². The third-order valence-electron chi connectivity index (χ3n) is 5.14. The number of carboxylic acid groups (broad SMARTS) is 1. The highest BCUT2D eigenvalue weighted by Gasteiger charge is 2.59. The summed E-state index contributed by atoms with van der Waals surface area (Å²) >= 11 is 0. The van der Waals surface area contributed by atoms with Crippen LogP contribution in [0, 0.1) is 11.7 Å². The molecule has 2 atom stereocenters. The van der Waals surface area contributed by atoms with Crippen LogP contribution in [0.4, 0.5) is 18.0 Å². The SMILES string of the molecule is C[C@H](c1cccc(C(F)(F)C(C)(O)C2CC2)c1F)N(C(=O)O)C(C)(C)C.